The molecule has 10 heteroatoms. The Balaban J connectivity index is 2.52. The van der Waals surface area contributed by atoms with Crippen LogP contribution >= 0.6 is 0 Å². The Labute approximate surface area is 177 Å². The summed E-state index contributed by atoms with van der Waals surface area (Å²) in [7, 11) is 1.41. The van der Waals surface area contributed by atoms with Gasteiger partial charge in [0.2, 0.25) is 0 Å². The average molecular weight is 443 g/mol. The zero-order valence-corrected chi connectivity index (χ0v) is 17.9. The molecule has 0 N–H and O–H groups in total. The highest BCUT2D eigenvalue weighted by atomic mass is 19.4. The third-order valence-corrected chi connectivity index (χ3v) is 5.35. The van der Waals surface area contributed by atoms with Crippen molar-refractivity contribution >= 4 is 23.1 Å². The SMILES string of the molecule is COCCOCc1nc(C(F)(F)F)ccc1C(=O)C1C(=O)C(C)(C)C(=O)C(C)(C)C1=O. The third-order valence-electron chi connectivity index (χ3n) is 5.35. The van der Waals surface area contributed by atoms with Gasteiger partial charge in [0.05, 0.1) is 36.3 Å². The fourth-order valence-electron chi connectivity index (χ4n) is 3.54. The maximum Gasteiger partial charge on any atom is 0.433 e. The monoisotopic (exact) mass is 443 g/mol. The van der Waals surface area contributed by atoms with E-state index in [9.17, 15) is 32.3 Å². The molecule has 0 atom stereocenters. The van der Waals surface area contributed by atoms with E-state index < -0.39 is 58.4 Å². The second kappa shape index (κ2) is 8.58. The summed E-state index contributed by atoms with van der Waals surface area (Å²) < 4.78 is 49.4. The first-order valence-corrected chi connectivity index (χ1v) is 9.49. The number of ether oxygens (including phenoxy) is 2. The van der Waals surface area contributed by atoms with E-state index in [1.807, 2.05) is 0 Å². The number of halogens is 3. The minimum Gasteiger partial charge on any atom is -0.382 e. The molecular formula is C21H24F3NO6. The van der Waals surface area contributed by atoms with Gasteiger partial charge >= 0.3 is 6.18 Å². The van der Waals surface area contributed by atoms with Crippen LogP contribution in [-0.2, 0) is 36.6 Å². The van der Waals surface area contributed by atoms with E-state index in [-0.39, 0.29) is 24.5 Å². The number of hydrogen-bond acceptors (Lipinski definition) is 7. The van der Waals surface area contributed by atoms with Gasteiger partial charge in [0.25, 0.3) is 0 Å². The normalized spacial score (nSPS) is 19.0. The molecule has 0 aromatic carbocycles. The molecule has 0 bridgehead atoms. The Kier molecular flexibility index (Phi) is 6.87. The van der Waals surface area contributed by atoms with Crippen molar-refractivity contribution in [2.75, 3.05) is 20.3 Å². The molecule has 0 aliphatic heterocycles. The van der Waals surface area contributed by atoms with E-state index in [2.05, 4.69) is 4.98 Å². The first-order chi connectivity index (χ1) is 14.2. The standard InChI is InChI=1S/C21H24F3NO6/c1-19(2)16(27)14(17(28)20(3,4)18(19)29)15(26)11-6-7-13(21(22,23)24)25-12(11)10-31-9-8-30-5/h6-7,14H,8-10H2,1-5H3. The number of methoxy groups -OCH3 is 1. The molecule has 1 fully saturated rings. The number of alkyl halides is 3. The fourth-order valence-corrected chi connectivity index (χ4v) is 3.54. The maximum atomic E-state index is 13.2. The topological polar surface area (TPSA) is 99.6 Å². The molecule has 1 aliphatic carbocycles. The van der Waals surface area contributed by atoms with Crippen LogP contribution in [0.4, 0.5) is 13.2 Å². The molecule has 0 radical (unpaired) electrons. The number of carbonyl (C=O) groups is 4. The molecule has 7 nitrogen and oxygen atoms in total. The van der Waals surface area contributed by atoms with Crippen LogP contribution in [-0.4, -0.2) is 48.4 Å². The Bertz CT molecular complexity index is 890. The molecule has 1 saturated carbocycles. The molecule has 170 valence electrons. The minimum absolute atomic E-state index is 0.0257. The van der Waals surface area contributed by atoms with Crippen molar-refractivity contribution in [1.82, 2.24) is 4.98 Å². The van der Waals surface area contributed by atoms with Crippen molar-refractivity contribution in [1.29, 1.82) is 0 Å². The number of nitrogens with zero attached hydrogens (tertiary/aromatic N) is 1. The van der Waals surface area contributed by atoms with Crippen LogP contribution in [0.15, 0.2) is 12.1 Å². The lowest BCUT2D eigenvalue weighted by Crippen LogP contribution is -2.59. The zero-order chi connectivity index (χ0) is 23.8. The van der Waals surface area contributed by atoms with E-state index in [0.29, 0.717) is 6.07 Å². The Morgan fingerprint density at radius 2 is 1.58 bits per heavy atom. The number of carbonyl (C=O) groups excluding carboxylic acids is 4. The van der Waals surface area contributed by atoms with Crippen molar-refractivity contribution in [3.05, 3.63) is 29.1 Å². The highest BCUT2D eigenvalue weighted by Gasteiger charge is 2.60. The zero-order valence-electron chi connectivity index (χ0n) is 17.9. The second-order valence-corrected chi connectivity index (χ2v) is 8.34. The molecule has 2 rings (SSSR count). The molecule has 31 heavy (non-hydrogen) atoms. The molecule has 1 aliphatic rings. The predicted molar refractivity (Wildman–Crippen MR) is 101 cm³/mol. The molecule has 0 unspecified atom stereocenters. The summed E-state index contributed by atoms with van der Waals surface area (Å²) in [6.07, 6.45) is -4.77. The summed E-state index contributed by atoms with van der Waals surface area (Å²) in [6.45, 7) is 5.02. The summed E-state index contributed by atoms with van der Waals surface area (Å²) in [5.41, 5.74) is -5.15. The molecule has 0 amide bonds. The second-order valence-electron chi connectivity index (χ2n) is 8.34. The van der Waals surface area contributed by atoms with E-state index in [4.69, 9.17) is 9.47 Å². The fraction of sp³-hybridized carbons (Fsp3) is 0.571. The van der Waals surface area contributed by atoms with Crippen molar-refractivity contribution in [3.8, 4) is 0 Å². The highest BCUT2D eigenvalue weighted by Crippen LogP contribution is 2.42. The summed E-state index contributed by atoms with van der Waals surface area (Å²) in [6, 6.07) is 1.48. The maximum absolute atomic E-state index is 13.2. The molecular weight excluding hydrogens is 419 g/mol. The van der Waals surface area contributed by atoms with Gasteiger partial charge in [-0.05, 0) is 39.8 Å². The predicted octanol–water partition coefficient (Wildman–Crippen LogP) is 2.84. The molecule has 1 aromatic heterocycles. The lowest BCUT2D eigenvalue weighted by molar-refractivity contribution is -0.158. The van der Waals surface area contributed by atoms with Crippen molar-refractivity contribution in [3.63, 3.8) is 0 Å². The van der Waals surface area contributed by atoms with Crippen LogP contribution in [0.1, 0.15) is 49.4 Å². The van der Waals surface area contributed by atoms with Crippen molar-refractivity contribution in [2.45, 2.75) is 40.5 Å². The summed E-state index contributed by atoms with van der Waals surface area (Å²) in [5, 5.41) is 0. The van der Waals surface area contributed by atoms with Gasteiger partial charge in [-0.2, -0.15) is 13.2 Å². The number of pyridine rings is 1. The smallest absolute Gasteiger partial charge is 0.382 e. The van der Waals surface area contributed by atoms with Gasteiger partial charge in [0, 0.05) is 12.7 Å². The van der Waals surface area contributed by atoms with E-state index in [1.165, 1.54) is 34.8 Å². The first-order valence-electron chi connectivity index (χ1n) is 9.49. The van der Waals surface area contributed by atoms with Crippen LogP contribution in [0.5, 0.6) is 0 Å². The first kappa shape index (κ1) is 24.8. The largest absolute Gasteiger partial charge is 0.433 e. The van der Waals surface area contributed by atoms with Gasteiger partial charge in [0.15, 0.2) is 23.1 Å². The lowest BCUT2D eigenvalue weighted by atomic mass is 9.57. The Hall–Kier alpha value is -2.46. The van der Waals surface area contributed by atoms with Gasteiger partial charge in [-0.1, -0.05) is 0 Å². The van der Waals surface area contributed by atoms with Gasteiger partial charge in [-0.15, -0.1) is 0 Å². The molecule has 0 saturated heterocycles. The summed E-state index contributed by atoms with van der Waals surface area (Å²) in [5.74, 6) is -5.22. The van der Waals surface area contributed by atoms with Crippen molar-refractivity contribution in [2.24, 2.45) is 16.7 Å². The van der Waals surface area contributed by atoms with Gasteiger partial charge in [0.1, 0.15) is 11.6 Å². The minimum atomic E-state index is -4.77. The quantitative estimate of drug-likeness (QED) is 0.363. The van der Waals surface area contributed by atoms with E-state index in [0.717, 1.165) is 6.07 Å². The summed E-state index contributed by atoms with van der Waals surface area (Å²) in [4.78, 5) is 55.1. The molecule has 1 aromatic rings. The van der Waals surface area contributed by atoms with Crippen LogP contribution in [0.3, 0.4) is 0 Å². The number of rotatable bonds is 7. The van der Waals surface area contributed by atoms with Gasteiger partial charge in [-0.25, -0.2) is 4.98 Å². The van der Waals surface area contributed by atoms with Crippen LogP contribution in [0, 0.1) is 16.7 Å². The Morgan fingerprint density at radius 3 is 2.06 bits per heavy atom. The van der Waals surface area contributed by atoms with Gasteiger partial charge < -0.3 is 9.47 Å². The van der Waals surface area contributed by atoms with Gasteiger partial charge in [-0.3, -0.25) is 19.2 Å². The average Bonchev–Trinajstić information content (AvgIpc) is 2.68. The highest BCUT2D eigenvalue weighted by molar-refractivity contribution is 6.37. The van der Waals surface area contributed by atoms with Crippen LogP contribution < -0.4 is 0 Å². The number of Topliss-reactive ketones (excluding diaryl/α,β-unsaturated/α-hetero) is 4. The molecule has 1 heterocycles. The van der Waals surface area contributed by atoms with Crippen molar-refractivity contribution < 1.29 is 41.8 Å². The van der Waals surface area contributed by atoms with E-state index >= 15 is 0 Å². The summed E-state index contributed by atoms with van der Waals surface area (Å²) >= 11 is 0. The molecule has 0 spiro atoms. The number of ketones is 4. The Morgan fingerprint density at radius 1 is 1.03 bits per heavy atom. The number of aromatic nitrogens is 1. The number of hydrogen-bond donors (Lipinski definition) is 0. The lowest BCUT2D eigenvalue weighted by Gasteiger charge is -2.40. The van der Waals surface area contributed by atoms with Crippen LogP contribution in [0.25, 0.3) is 0 Å². The van der Waals surface area contributed by atoms with Crippen LogP contribution in [0.2, 0.25) is 0 Å². The third kappa shape index (κ3) is 4.59. The van der Waals surface area contributed by atoms with E-state index in [1.54, 1.807) is 0 Å².